The highest BCUT2D eigenvalue weighted by Crippen LogP contribution is 2.60. The Kier molecular flexibility index (Phi) is 2.79. The van der Waals surface area contributed by atoms with Crippen LogP contribution in [0.1, 0.15) is 44.2 Å². The van der Waals surface area contributed by atoms with Crippen LogP contribution in [0, 0.1) is 17.8 Å². The van der Waals surface area contributed by atoms with Crippen LogP contribution in [0.25, 0.3) is 0 Å². The number of nitrogens with one attached hydrogen (secondary N) is 2. The molecule has 0 saturated heterocycles. The first-order chi connectivity index (χ1) is 11.2. The maximum absolute atomic E-state index is 6.02. The van der Waals surface area contributed by atoms with Gasteiger partial charge in [-0.3, -0.25) is 5.10 Å². The highest BCUT2D eigenvalue weighted by atomic mass is 15.2. The van der Waals surface area contributed by atoms with Gasteiger partial charge < -0.3 is 11.1 Å². The Morgan fingerprint density at radius 1 is 1.04 bits per heavy atom. The third-order valence-electron chi connectivity index (χ3n) is 6.41. The van der Waals surface area contributed by atoms with Gasteiger partial charge in [0, 0.05) is 17.2 Å². The maximum atomic E-state index is 6.02. The molecule has 0 unspecified atom stereocenters. The molecule has 4 saturated carbocycles. The van der Waals surface area contributed by atoms with E-state index in [0.717, 1.165) is 34.9 Å². The SMILES string of the molecule is Nc1ccccc1Nc1cc(C23CC4CC(CC(C4)C2)C3)[nH]n1. The lowest BCUT2D eigenvalue weighted by Gasteiger charge is -2.56. The zero-order valence-electron chi connectivity index (χ0n) is 13.4. The molecule has 120 valence electrons. The first kappa shape index (κ1) is 13.5. The second kappa shape index (κ2) is 4.76. The van der Waals surface area contributed by atoms with Gasteiger partial charge >= 0.3 is 0 Å². The second-order valence-corrected chi connectivity index (χ2v) is 8.08. The Labute approximate surface area is 136 Å². The lowest BCUT2D eigenvalue weighted by Crippen LogP contribution is -2.48. The van der Waals surface area contributed by atoms with Crippen LogP contribution in [-0.4, -0.2) is 10.2 Å². The summed E-state index contributed by atoms with van der Waals surface area (Å²) in [7, 11) is 0. The molecule has 0 aliphatic heterocycles. The molecule has 4 bridgehead atoms. The molecule has 4 aliphatic rings. The molecule has 2 aromatic rings. The van der Waals surface area contributed by atoms with Gasteiger partial charge in [-0.2, -0.15) is 5.10 Å². The van der Waals surface area contributed by atoms with Crippen LogP contribution in [0.5, 0.6) is 0 Å². The van der Waals surface area contributed by atoms with Crippen LogP contribution in [0.4, 0.5) is 17.2 Å². The lowest BCUT2D eigenvalue weighted by molar-refractivity contribution is -0.00721. The van der Waals surface area contributed by atoms with E-state index in [1.807, 2.05) is 24.3 Å². The van der Waals surface area contributed by atoms with Crippen LogP contribution in [0.2, 0.25) is 0 Å². The van der Waals surface area contributed by atoms with Crippen molar-refractivity contribution in [2.24, 2.45) is 17.8 Å². The summed E-state index contributed by atoms with van der Waals surface area (Å²) in [5, 5.41) is 11.2. The van der Waals surface area contributed by atoms with Crippen LogP contribution in [0.15, 0.2) is 30.3 Å². The molecule has 4 fully saturated rings. The molecule has 0 amide bonds. The van der Waals surface area contributed by atoms with Crippen molar-refractivity contribution < 1.29 is 0 Å². The Hall–Kier alpha value is -1.97. The number of para-hydroxylation sites is 2. The average Bonchev–Trinajstić information content (AvgIpc) is 2.98. The van der Waals surface area contributed by atoms with Crippen LogP contribution < -0.4 is 11.1 Å². The number of H-pyrrole nitrogens is 1. The standard InChI is InChI=1S/C19H24N4/c20-15-3-1-2-4-16(15)21-18-8-17(22-23-18)19-9-12-5-13(10-19)7-14(6-12)11-19/h1-4,8,12-14H,5-7,9-11,20H2,(H2,21,22,23). The van der Waals surface area contributed by atoms with Gasteiger partial charge in [0.2, 0.25) is 0 Å². The van der Waals surface area contributed by atoms with E-state index in [2.05, 4.69) is 21.6 Å². The summed E-state index contributed by atoms with van der Waals surface area (Å²) in [4.78, 5) is 0. The third-order valence-corrected chi connectivity index (χ3v) is 6.41. The first-order valence-corrected chi connectivity index (χ1v) is 8.88. The minimum absolute atomic E-state index is 0.365. The molecule has 0 spiro atoms. The molecular weight excluding hydrogens is 284 g/mol. The predicted octanol–water partition coefficient (Wildman–Crippen LogP) is 4.20. The largest absolute Gasteiger partial charge is 0.397 e. The molecule has 1 aromatic heterocycles. The number of hydrogen-bond acceptors (Lipinski definition) is 3. The monoisotopic (exact) mass is 308 g/mol. The quantitative estimate of drug-likeness (QED) is 0.744. The molecule has 4 nitrogen and oxygen atoms in total. The Morgan fingerprint density at radius 3 is 2.35 bits per heavy atom. The number of rotatable bonds is 3. The maximum Gasteiger partial charge on any atom is 0.152 e. The molecule has 1 aromatic carbocycles. The zero-order valence-corrected chi connectivity index (χ0v) is 13.4. The van der Waals surface area contributed by atoms with E-state index in [0.29, 0.717) is 5.41 Å². The smallest absolute Gasteiger partial charge is 0.152 e. The topological polar surface area (TPSA) is 66.7 Å². The van der Waals surface area contributed by atoms with Crippen molar-refractivity contribution >= 4 is 17.2 Å². The Morgan fingerprint density at radius 2 is 1.70 bits per heavy atom. The van der Waals surface area contributed by atoms with Crippen molar-refractivity contribution in [2.45, 2.75) is 43.9 Å². The molecule has 4 aliphatic carbocycles. The van der Waals surface area contributed by atoms with Gasteiger partial charge in [0.1, 0.15) is 0 Å². The number of anilines is 3. The van der Waals surface area contributed by atoms with E-state index in [9.17, 15) is 0 Å². The summed E-state index contributed by atoms with van der Waals surface area (Å²) in [5.41, 5.74) is 9.41. The zero-order chi connectivity index (χ0) is 15.4. The van der Waals surface area contributed by atoms with Crippen molar-refractivity contribution in [3.05, 3.63) is 36.0 Å². The van der Waals surface area contributed by atoms with Gasteiger partial charge in [0.05, 0.1) is 11.4 Å². The van der Waals surface area contributed by atoms with E-state index in [1.54, 1.807) is 0 Å². The number of hydrogen-bond donors (Lipinski definition) is 3. The molecule has 1 heterocycles. The van der Waals surface area contributed by atoms with Crippen LogP contribution in [0.3, 0.4) is 0 Å². The van der Waals surface area contributed by atoms with Crippen molar-refractivity contribution in [1.29, 1.82) is 0 Å². The molecule has 6 rings (SSSR count). The highest BCUT2D eigenvalue weighted by Gasteiger charge is 2.52. The van der Waals surface area contributed by atoms with Crippen LogP contribution >= 0.6 is 0 Å². The lowest BCUT2D eigenvalue weighted by atomic mass is 9.49. The van der Waals surface area contributed by atoms with Gasteiger partial charge in [-0.25, -0.2) is 0 Å². The fraction of sp³-hybridized carbons (Fsp3) is 0.526. The fourth-order valence-electron chi connectivity index (χ4n) is 5.85. The average molecular weight is 308 g/mol. The predicted molar refractivity (Wildman–Crippen MR) is 92.6 cm³/mol. The minimum Gasteiger partial charge on any atom is -0.397 e. The molecule has 4 N–H and O–H groups in total. The summed E-state index contributed by atoms with van der Waals surface area (Å²) in [6.07, 6.45) is 8.48. The summed E-state index contributed by atoms with van der Waals surface area (Å²) >= 11 is 0. The normalized spacial score (nSPS) is 34.7. The number of nitrogens with zero attached hydrogens (tertiary/aromatic N) is 1. The van der Waals surface area contributed by atoms with Gasteiger partial charge in [-0.15, -0.1) is 0 Å². The minimum atomic E-state index is 0.365. The van der Waals surface area contributed by atoms with E-state index >= 15 is 0 Å². The number of aromatic nitrogens is 2. The number of nitrogens with two attached hydrogens (primary N) is 1. The van der Waals surface area contributed by atoms with E-state index < -0.39 is 0 Å². The third kappa shape index (κ3) is 2.15. The van der Waals surface area contributed by atoms with Crippen molar-refractivity contribution in [3.8, 4) is 0 Å². The Balaban J connectivity index is 1.43. The van der Waals surface area contributed by atoms with E-state index in [-0.39, 0.29) is 0 Å². The van der Waals surface area contributed by atoms with Gasteiger partial charge in [-0.05, 0) is 68.4 Å². The molecule has 4 heteroatoms. The molecular formula is C19H24N4. The second-order valence-electron chi connectivity index (χ2n) is 8.08. The number of benzene rings is 1. The molecule has 23 heavy (non-hydrogen) atoms. The summed E-state index contributed by atoms with van der Waals surface area (Å²) in [6.45, 7) is 0. The molecule has 0 radical (unpaired) electrons. The highest BCUT2D eigenvalue weighted by molar-refractivity contribution is 5.71. The summed E-state index contributed by atoms with van der Waals surface area (Å²) in [5.74, 6) is 3.73. The van der Waals surface area contributed by atoms with E-state index in [1.165, 1.54) is 44.2 Å². The Bertz CT molecular complexity index is 697. The van der Waals surface area contributed by atoms with Crippen LogP contribution in [-0.2, 0) is 5.41 Å². The van der Waals surface area contributed by atoms with Crippen molar-refractivity contribution in [3.63, 3.8) is 0 Å². The van der Waals surface area contributed by atoms with Gasteiger partial charge in [-0.1, -0.05) is 12.1 Å². The van der Waals surface area contributed by atoms with Gasteiger partial charge in [0.25, 0.3) is 0 Å². The summed E-state index contributed by atoms with van der Waals surface area (Å²) < 4.78 is 0. The number of nitrogen functional groups attached to an aromatic ring is 1. The number of aromatic amines is 1. The van der Waals surface area contributed by atoms with Crippen molar-refractivity contribution in [1.82, 2.24) is 10.2 Å². The molecule has 0 atom stereocenters. The van der Waals surface area contributed by atoms with E-state index in [4.69, 9.17) is 5.73 Å². The summed E-state index contributed by atoms with van der Waals surface area (Å²) in [6, 6.07) is 10.1. The van der Waals surface area contributed by atoms with Crippen molar-refractivity contribution in [2.75, 3.05) is 11.1 Å². The van der Waals surface area contributed by atoms with Gasteiger partial charge in [0.15, 0.2) is 5.82 Å². The first-order valence-electron chi connectivity index (χ1n) is 8.88. The fourth-order valence-corrected chi connectivity index (χ4v) is 5.85.